The van der Waals surface area contributed by atoms with Crippen LogP contribution in [0.25, 0.3) is 11.1 Å². The third-order valence-corrected chi connectivity index (χ3v) is 2.68. The van der Waals surface area contributed by atoms with Crippen LogP contribution in [-0.4, -0.2) is 22.1 Å². The van der Waals surface area contributed by atoms with E-state index in [9.17, 15) is 4.79 Å². The van der Waals surface area contributed by atoms with Crippen molar-refractivity contribution >= 4 is 5.97 Å². The van der Waals surface area contributed by atoms with Gasteiger partial charge in [0.15, 0.2) is 0 Å². The molecule has 0 spiro atoms. The summed E-state index contributed by atoms with van der Waals surface area (Å²) >= 11 is 0. The molecule has 1 atom stereocenters. The third kappa shape index (κ3) is 2.93. The molecular formula is C14H14N2O2. The fourth-order valence-corrected chi connectivity index (χ4v) is 1.66. The second-order valence-electron chi connectivity index (χ2n) is 4.05. The number of rotatable bonds is 4. The van der Waals surface area contributed by atoms with E-state index in [-0.39, 0.29) is 6.42 Å². The van der Waals surface area contributed by atoms with E-state index in [1.54, 1.807) is 6.20 Å². The number of carboxylic acids is 1. The standard InChI is InChI=1S/C14H14N2O2/c15-13(14(17)18)8-12-7-6-11(9-16-12)10-4-2-1-3-5-10/h1-7,9,13H,8,15H2,(H,17,18). The van der Waals surface area contributed by atoms with Crippen molar-refractivity contribution in [2.75, 3.05) is 0 Å². The summed E-state index contributed by atoms with van der Waals surface area (Å²) < 4.78 is 0. The molecule has 3 N–H and O–H groups in total. The number of nitrogens with zero attached hydrogens (tertiary/aromatic N) is 1. The Balaban J connectivity index is 2.13. The predicted molar refractivity (Wildman–Crippen MR) is 69.0 cm³/mol. The highest BCUT2D eigenvalue weighted by molar-refractivity contribution is 5.73. The number of benzene rings is 1. The highest BCUT2D eigenvalue weighted by Crippen LogP contribution is 2.17. The van der Waals surface area contributed by atoms with Gasteiger partial charge in [-0.05, 0) is 11.6 Å². The van der Waals surface area contributed by atoms with E-state index >= 15 is 0 Å². The molecule has 0 amide bonds. The number of aromatic nitrogens is 1. The minimum absolute atomic E-state index is 0.240. The van der Waals surface area contributed by atoms with Crippen LogP contribution in [0.2, 0.25) is 0 Å². The molecule has 2 aromatic rings. The van der Waals surface area contributed by atoms with Crippen LogP contribution >= 0.6 is 0 Å². The highest BCUT2D eigenvalue weighted by Gasteiger charge is 2.12. The monoisotopic (exact) mass is 242 g/mol. The molecule has 1 heterocycles. The number of hydrogen-bond donors (Lipinski definition) is 2. The smallest absolute Gasteiger partial charge is 0.320 e. The van der Waals surface area contributed by atoms with Crippen molar-refractivity contribution in [1.29, 1.82) is 0 Å². The average Bonchev–Trinajstić information content (AvgIpc) is 2.40. The Hall–Kier alpha value is -2.20. The number of carboxylic acid groups (broad SMARTS) is 1. The molecule has 0 bridgehead atoms. The Morgan fingerprint density at radius 1 is 1.17 bits per heavy atom. The number of nitrogens with two attached hydrogens (primary N) is 1. The number of aliphatic carboxylic acids is 1. The first-order valence-corrected chi connectivity index (χ1v) is 5.65. The van der Waals surface area contributed by atoms with Gasteiger partial charge in [-0.1, -0.05) is 36.4 Å². The molecule has 2 rings (SSSR count). The quantitative estimate of drug-likeness (QED) is 0.855. The lowest BCUT2D eigenvalue weighted by Gasteiger charge is -2.06. The van der Waals surface area contributed by atoms with Crippen molar-refractivity contribution in [1.82, 2.24) is 4.98 Å². The number of hydrogen-bond acceptors (Lipinski definition) is 3. The Morgan fingerprint density at radius 3 is 2.44 bits per heavy atom. The molecule has 92 valence electrons. The molecule has 0 radical (unpaired) electrons. The van der Waals surface area contributed by atoms with Crippen molar-refractivity contribution in [3.8, 4) is 11.1 Å². The zero-order valence-corrected chi connectivity index (χ0v) is 9.78. The Morgan fingerprint density at radius 2 is 1.89 bits per heavy atom. The van der Waals surface area contributed by atoms with Crippen LogP contribution in [0.5, 0.6) is 0 Å². The minimum atomic E-state index is -1.01. The molecule has 0 aliphatic carbocycles. The molecule has 0 aliphatic rings. The van der Waals surface area contributed by atoms with Gasteiger partial charge in [0.05, 0.1) is 0 Å². The SMILES string of the molecule is NC(Cc1ccc(-c2ccccc2)cn1)C(=O)O. The van der Waals surface area contributed by atoms with Gasteiger partial charge in [0.2, 0.25) is 0 Å². The van der Waals surface area contributed by atoms with E-state index in [0.29, 0.717) is 5.69 Å². The average molecular weight is 242 g/mol. The summed E-state index contributed by atoms with van der Waals surface area (Å²) in [6, 6.07) is 12.7. The molecule has 4 heteroatoms. The summed E-state index contributed by atoms with van der Waals surface area (Å²) in [5.74, 6) is -1.01. The summed E-state index contributed by atoms with van der Waals surface area (Å²) in [6.07, 6.45) is 1.98. The Labute approximate surface area is 105 Å². The van der Waals surface area contributed by atoms with Crippen LogP contribution in [0.1, 0.15) is 5.69 Å². The summed E-state index contributed by atoms with van der Waals surface area (Å²) in [5.41, 5.74) is 8.23. The van der Waals surface area contributed by atoms with Crippen LogP contribution in [0.3, 0.4) is 0 Å². The van der Waals surface area contributed by atoms with E-state index in [0.717, 1.165) is 11.1 Å². The maximum atomic E-state index is 10.6. The number of pyridine rings is 1. The van der Waals surface area contributed by atoms with Gasteiger partial charge in [0.25, 0.3) is 0 Å². The second kappa shape index (κ2) is 5.42. The fraction of sp³-hybridized carbons (Fsp3) is 0.143. The van der Waals surface area contributed by atoms with Gasteiger partial charge in [0.1, 0.15) is 6.04 Å². The van der Waals surface area contributed by atoms with Gasteiger partial charge < -0.3 is 10.8 Å². The largest absolute Gasteiger partial charge is 0.480 e. The van der Waals surface area contributed by atoms with E-state index in [1.807, 2.05) is 42.5 Å². The highest BCUT2D eigenvalue weighted by atomic mass is 16.4. The molecule has 18 heavy (non-hydrogen) atoms. The van der Waals surface area contributed by atoms with Gasteiger partial charge in [-0.15, -0.1) is 0 Å². The predicted octanol–water partition coefficient (Wildman–Crippen LogP) is 1.70. The summed E-state index contributed by atoms with van der Waals surface area (Å²) in [6.45, 7) is 0. The first kappa shape index (κ1) is 12.3. The molecule has 0 saturated heterocycles. The topological polar surface area (TPSA) is 76.2 Å². The third-order valence-electron chi connectivity index (χ3n) is 2.68. The van der Waals surface area contributed by atoms with Gasteiger partial charge >= 0.3 is 5.97 Å². The van der Waals surface area contributed by atoms with Crippen molar-refractivity contribution in [2.45, 2.75) is 12.5 Å². The van der Waals surface area contributed by atoms with E-state index < -0.39 is 12.0 Å². The molecule has 1 aromatic heterocycles. The zero-order valence-electron chi connectivity index (χ0n) is 9.78. The van der Waals surface area contributed by atoms with Crippen molar-refractivity contribution in [2.24, 2.45) is 5.73 Å². The zero-order chi connectivity index (χ0) is 13.0. The van der Waals surface area contributed by atoms with Crippen LogP contribution in [0.15, 0.2) is 48.7 Å². The van der Waals surface area contributed by atoms with Crippen LogP contribution in [0.4, 0.5) is 0 Å². The molecule has 1 aromatic carbocycles. The first-order chi connectivity index (χ1) is 8.66. The normalized spacial score (nSPS) is 12.1. The fourth-order valence-electron chi connectivity index (χ4n) is 1.66. The summed E-state index contributed by atoms with van der Waals surface area (Å²) in [7, 11) is 0. The Kier molecular flexibility index (Phi) is 3.69. The number of carbonyl (C=O) groups is 1. The lowest BCUT2D eigenvalue weighted by atomic mass is 10.1. The lowest BCUT2D eigenvalue weighted by Crippen LogP contribution is -2.32. The molecule has 0 saturated carbocycles. The molecule has 0 fully saturated rings. The van der Waals surface area contributed by atoms with Crippen molar-refractivity contribution in [3.63, 3.8) is 0 Å². The Bertz CT molecular complexity index is 523. The molecule has 1 unspecified atom stereocenters. The van der Waals surface area contributed by atoms with Crippen LogP contribution in [0, 0.1) is 0 Å². The van der Waals surface area contributed by atoms with Crippen LogP contribution in [-0.2, 0) is 11.2 Å². The van der Waals surface area contributed by atoms with E-state index in [2.05, 4.69) is 4.98 Å². The molecule has 0 aliphatic heterocycles. The van der Waals surface area contributed by atoms with Crippen LogP contribution < -0.4 is 5.73 Å². The first-order valence-electron chi connectivity index (χ1n) is 5.65. The van der Waals surface area contributed by atoms with Crippen molar-refractivity contribution < 1.29 is 9.90 Å². The maximum absolute atomic E-state index is 10.6. The van der Waals surface area contributed by atoms with Gasteiger partial charge in [-0.2, -0.15) is 0 Å². The molecule has 4 nitrogen and oxygen atoms in total. The van der Waals surface area contributed by atoms with E-state index in [4.69, 9.17) is 10.8 Å². The minimum Gasteiger partial charge on any atom is -0.480 e. The van der Waals surface area contributed by atoms with Gasteiger partial charge in [0, 0.05) is 23.9 Å². The molecular weight excluding hydrogens is 228 g/mol. The van der Waals surface area contributed by atoms with Gasteiger partial charge in [-0.25, -0.2) is 0 Å². The lowest BCUT2D eigenvalue weighted by molar-refractivity contribution is -0.138. The van der Waals surface area contributed by atoms with Gasteiger partial charge in [-0.3, -0.25) is 9.78 Å². The maximum Gasteiger partial charge on any atom is 0.320 e. The second-order valence-corrected chi connectivity index (χ2v) is 4.05. The van der Waals surface area contributed by atoms with Crippen molar-refractivity contribution in [3.05, 3.63) is 54.4 Å². The summed E-state index contributed by atoms with van der Waals surface area (Å²) in [5, 5.41) is 8.72. The summed E-state index contributed by atoms with van der Waals surface area (Å²) in [4.78, 5) is 14.9. The van der Waals surface area contributed by atoms with E-state index in [1.165, 1.54) is 0 Å².